The van der Waals surface area contributed by atoms with Gasteiger partial charge in [-0.2, -0.15) is 21.6 Å². The molecule has 0 unspecified atom stereocenters. The van der Waals surface area contributed by atoms with Crippen molar-refractivity contribution in [3.63, 3.8) is 0 Å². The van der Waals surface area contributed by atoms with E-state index in [0.717, 1.165) is 0 Å². The Morgan fingerprint density at radius 3 is 2.71 bits per heavy atom. The molecule has 0 radical (unpaired) electrons. The molecule has 1 aromatic rings. The monoisotopic (exact) mass is 368 g/mol. The van der Waals surface area contributed by atoms with Gasteiger partial charge >= 0.3 is 21.7 Å². The average molecular weight is 368 g/mol. The van der Waals surface area contributed by atoms with Gasteiger partial charge in [-0.05, 0) is 13.3 Å². The number of nitrogens with zero attached hydrogens (tertiary/aromatic N) is 3. The van der Waals surface area contributed by atoms with Gasteiger partial charge in [-0.15, -0.1) is 5.10 Å². The molecule has 0 aromatic carbocycles. The average Bonchev–Trinajstić information content (AvgIpc) is 2.93. The summed E-state index contributed by atoms with van der Waals surface area (Å²) < 4.78 is 64.7. The molecule has 0 saturated carbocycles. The predicted molar refractivity (Wildman–Crippen MR) is 74.8 cm³/mol. The number of hydrogen-bond donors (Lipinski definition) is 1. The molecule has 8 nitrogen and oxygen atoms in total. The van der Waals surface area contributed by atoms with Crippen LogP contribution in [0.15, 0.2) is 6.07 Å². The summed E-state index contributed by atoms with van der Waals surface area (Å²) in [6.07, 6.45) is 0.678. The Balaban J connectivity index is 1.75. The fourth-order valence-corrected chi connectivity index (χ4v) is 3.45. The van der Waals surface area contributed by atoms with Gasteiger partial charge in [0.1, 0.15) is 0 Å². The smallest absolute Gasteiger partial charge is 0.354 e. The molecule has 2 aliphatic rings. The van der Waals surface area contributed by atoms with E-state index in [1.807, 2.05) is 0 Å². The van der Waals surface area contributed by atoms with Crippen LogP contribution in [0.4, 0.5) is 18.0 Å². The van der Waals surface area contributed by atoms with Crippen molar-refractivity contribution in [1.29, 1.82) is 0 Å². The summed E-state index contributed by atoms with van der Waals surface area (Å²) in [4.78, 5) is 13.3. The van der Waals surface area contributed by atoms with Crippen molar-refractivity contribution in [2.45, 2.75) is 30.8 Å². The quantitative estimate of drug-likeness (QED) is 0.629. The topological polar surface area (TPSA) is 93.5 Å². The molecule has 3 rings (SSSR count). The number of rotatable bonds is 3. The fourth-order valence-electron chi connectivity index (χ4n) is 3.05. The van der Waals surface area contributed by atoms with E-state index in [9.17, 15) is 26.4 Å². The minimum absolute atomic E-state index is 0.211. The second kappa shape index (κ2) is 5.26. The van der Waals surface area contributed by atoms with Crippen LogP contribution < -0.4 is 9.50 Å². The Morgan fingerprint density at radius 1 is 1.46 bits per heavy atom. The highest BCUT2D eigenvalue weighted by Gasteiger charge is 2.53. The second-order valence-electron chi connectivity index (χ2n) is 5.80. The molecule has 1 N–H and O–H groups in total. The number of halogens is 3. The third-order valence-corrected chi connectivity index (χ3v) is 5.14. The van der Waals surface area contributed by atoms with Crippen molar-refractivity contribution in [2.24, 2.45) is 0 Å². The minimum atomic E-state index is -5.75. The van der Waals surface area contributed by atoms with Crippen LogP contribution in [-0.2, 0) is 22.1 Å². The SMILES string of the molecule is CCNC(=O)N1CC2(CCn3nc(OS(=O)(=O)C(F)(F)F)cc32)C1. The van der Waals surface area contributed by atoms with Crippen molar-refractivity contribution < 1.29 is 30.6 Å². The summed E-state index contributed by atoms with van der Waals surface area (Å²) in [5.74, 6) is -0.613. The summed E-state index contributed by atoms with van der Waals surface area (Å²) >= 11 is 0. The van der Waals surface area contributed by atoms with Crippen LogP contribution in [0.3, 0.4) is 0 Å². The first-order chi connectivity index (χ1) is 11.1. The molecule has 12 heteroatoms. The van der Waals surface area contributed by atoms with Crippen molar-refractivity contribution in [3.05, 3.63) is 11.8 Å². The lowest BCUT2D eigenvalue weighted by Crippen LogP contribution is -2.62. The van der Waals surface area contributed by atoms with E-state index in [4.69, 9.17) is 0 Å². The number of carbonyl (C=O) groups excluding carboxylic acids is 1. The van der Waals surface area contributed by atoms with E-state index in [0.29, 0.717) is 38.3 Å². The van der Waals surface area contributed by atoms with Crippen molar-refractivity contribution in [1.82, 2.24) is 20.0 Å². The van der Waals surface area contributed by atoms with Crippen LogP contribution in [0.5, 0.6) is 5.88 Å². The molecule has 1 aromatic heterocycles. The highest BCUT2D eigenvalue weighted by atomic mass is 32.2. The Morgan fingerprint density at radius 2 is 2.12 bits per heavy atom. The largest absolute Gasteiger partial charge is 0.534 e. The van der Waals surface area contributed by atoms with Crippen molar-refractivity contribution in [2.75, 3.05) is 19.6 Å². The van der Waals surface area contributed by atoms with Gasteiger partial charge in [-0.25, -0.2) is 4.79 Å². The summed E-state index contributed by atoms with van der Waals surface area (Å²) in [5, 5.41) is 6.44. The number of amides is 2. The lowest BCUT2D eigenvalue weighted by Gasteiger charge is -2.47. The number of alkyl halides is 3. The van der Waals surface area contributed by atoms with Gasteiger partial charge in [0.05, 0.1) is 5.69 Å². The zero-order chi connectivity index (χ0) is 17.8. The van der Waals surface area contributed by atoms with Crippen molar-refractivity contribution >= 4 is 16.1 Å². The number of fused-ring (bicyclic) bond motifs is 2. The number of likely N-dealkylation sites (tertiary alicyclic amines) is 1. The zero-order valence-electron chi connectivity index (χ0n) is 12.6. The first-order valence-electron chi connectivity index (χ1n) is 7.20. The van der Waals surface area contributed by atoms with Crippen LogP contribution in [0.2, 0.25) is 0 Å². The molecule has 24 heavy (non-hydrogen) atoms. The third kappa shape index (κ3) is 2.58. The number of carbonyl (C=O) groups is 1. The number of aryl methyl sites for hydroxylation is 1. The normalized spacial score (nSPS) is 19.1. The van der Waals surface area contributed by atoms with Crippen LogP contribution in [-0.4, -0.2) is 54.3 Å². The lowest BCUT2D eigenvalue weighted by molar-refractivity contribution is -0.0501. The fraction of sp³-hybridized carbons (Fsp3) is 0.667. The molecule has 3 heterocycles. The zero-order valence-corrected chi connectivity index (χ0v) is 13.4. The van der Waals surface area contributed by atoms with Crippen LogP contribution in [0.25, 0.3) is 0 Å². The second-order valence-corrected chi connectivity index (χ2v) is 7.33. The molecule has 1 fully saturated rings. The Labute approximate surface area is 135 Å². The summed E-state index contributed by atoms with van der Waals surface area (Å²) in [6.45, 7) is 3.51. The van der Waals surface area contributed by atoms with E-state index >= 15 is 0 Å². The van der Waals surface area contributed by atoms with Gasteiger partial charge < -0.3 is 14.4 Å². The molecule has 1 saturated heterocycles. The van der Waals surface area contributed by atoms with Gasteiger partial charge in [0.15, 0.2) is 0 Å². The van der Waals surface area contributed by atoms with Gasteiger partial charge in [-0.1, -0.05) is 0 Å². The van der Waals surface area contributed by atoms with Crippen LogP contribution >= 0.6 is 0 Å². The maximum atomic E-state index is 12.4. The Kier molecular flexibility index (Phi) is 3.70. The molecule has 1 spiro atoms. The number of hydrogen-bond acceptors (Lipinski definition) is 5. The predicted octanol–water partition coefficient (Wildman–Crippen LogP) is 0.798. The molecule has 0 bridgehead atoms. The van der Waals surface area contributed by atoms with E-state index < -0.39 is 26.9 Å². The van der Waals surface area contributed by atoms with E-state index in [-0.39, 0.29) is 6.03 Å². The van der Waals surface area contributed by atoms with Gasteiger partial charge in [0.2, 0.25) is 0 Å². The maximum absolute atomic E-state index is 12.4. The van der Waals surface area contributed by atoms with E-state index in [1.54, 1.807) is 11.8 Å². The molecule has 2 aliphatic heterocycles. The molecule has 0 atom stereocenters. The van der Waals surface area contributed by atoms with Gasteiger partial charge in [0.25, 0.3) is 5.88 Å². The van der Waals surface area contributed by atoms with Crippen LogP contribution in [0.1, 0.15) is 19.0 Å². The summed E-state index contributed by atoms with van der Waals surface area (Å²) in [7, 11) is -5.75. The molecule has 0 aliphatic carbocycles. The minimum Gasteiger partial charge on any atom is -0.354 e. The lowest BCUT2D eigenvalue weighted by atomic mass is 9.76. The number of nitrogens with one attached hydrogen (secondary N) is 1. The van der Waals surface area contributed by atoms with Crippen molar-refractivity contribution in [3.8, 4) is 5.88 Å². The third-order valence-electron chi connectivity index (χ3n) is 4.18. The first kappa shape index (κ1) is 16.9. The maximum Gasteiger partial charge on any atom is 0.534 e. The van der Waals surface area contributed by atoms with Crippen LogP contribution in [0, 0.1) is 0 Å². The van der Waals surface area contributed by atoms with E-state index in [1.165, 1.54) is 10.7 Å². The van der Waals surface area contributed by atoms with Gasteiger partial charge in [-0.3, -0.25) is 4.68 Å². The Bertz CT molecular complexity index is 768. The first-order valence-corrected chi connectivity index (χ1v) is 8.61. The van der Waals surface area contributed by atoms with E-state index in [2.05, 4.69) is 14.6 Å². The molecular weight excluding hydrogens is 353 g/mol. The highest BCUT2D eigenvalue weighted by molar-refractivity contribution is 7.87. The summed E-state index contributed by atoms with van der Waals surface area (Å²) in [5.41, 5.74) is -5.35. The highest BCUT2D eigenvalue weighted by Crippen LogP contribution is 2.44. The standard InChI is InChI=1S/C12H15F3N4O4S/c1-2-16-10(20)18-6-11(7-18)3-4-19-8(11)5-9(17-19)23-24(21,22)12(13,14)15/h5H,2-4,6-7H2,1H3,(H,16,20). The molecular formula is C12H15F3N4O4S. The summed E-state index contributed by atoms with van der Waals surface area (Å²) in [6, 6.07) is 0.989. The Hall–Kier alpha value is -1.98. The molecule has 134 valence electrons. The number of urea groups is 1. The van der Waals surface area contributed by atoms with Gasteiger partial charge in [0, 0.05) is 37.7 Å². The molecule has 2 amide bonds. The number of aromatic nitrogens is 2.